The van der Waals surface area contributed by atoms with Crippen LogP contribution in [0.5, 0.6) is 5.75 Å². The Kier molecular flexibility index (Phi) is 5.94. The number of amides is 1. The van der Waals surface area contributed by atoms with Crippen LogP contribution in [-0.4, -0.2) is 18.0 Å². The summed E-state index contributed by atoms with van der Waals surface area (Å²) in [5.74, 6) is 0.199. The number of carbonyl (C=O) groups is 1. The summed E-state index contributed by atoms with van der Waals surface area (Å²) in [5.41, 5.74) is 4.05. The number of nitrogens with zero attached hydrogens (tertiary/aromatic N) is 1. The van der Waals surface area contributed by atoms with Gasteiger partial charge in [-0.3, -0.25) is 4.79 Å². The molecular formula is C21H20ClN3O2. The summed E-state index contributed by atoms with van der Waals surface area (Å²) in [6, 6.07) is 16.8. The first-order valence-corrected chi connectivity index (χ1v) is 8.83. The van der Waals surface area contributed by atoms with Crippen molar-refractivity contribution in [1.82, 2.24) is 4.98 Å². The zero-order valence-corrected chi connectivity index (χ0v) is 15.9. The van der Waals surface area contributed by atoms with Gasteiger partial charge in [-0.15, -0.1) is 0 Å². The first-order valence-electron chi connectivity index (χ1n) is 8.45. The maximum Gasteiger partial charge on any atom is 0.274 e. The molecule has 1 heterocycles. The van der Waals surface area contributed by atoms with Gasteiger partial charge in [0.2, 0.25) is 0 Å². The molecule has 0 unspecified atom stereocenters. The quantitative estimate of drug-likeness (QED) is 0.636. The van der Waals surface area contributed by atoms with E-state index in [9.17, 15) is 4.79 Å². The van der Waals surface area contributed by atoms with E-state index in [0.717, 1.165) is 5.69 Å². The lowest BCUT2D eigenvalue weighted by Gasteiger charge is -2.11. The second-order valence-electron chi connectivity index (χ2n) is 6.07. The number of rotatable bonds is 6. The molecule has 0 fully saturated rings. The molecule has 0 saturated heterocycles. The summed E-state index contributed by atoms with van der Waals surface area (Å²) in [6.07, 6.45) is 1.64. The molecule has 27 heavy (non-hydrogen) atoms. The van der Waals surface area contributed by atoms with Gasteiger partial charge in [0.25, 0.3) is 5.91 Å². The van der Waals surface area contributed by atoms with Crippen LogP contribution < -0.4 is 15.4 Å². The van der Waals surface area contributed by atoms with Crippen LogP contribution in [0.1, 0.15) is 21.6 Å². The second-order valence-corrected chi connectivity index (χ2v) is 6.51. The number of hydrogen-bond donors (Lipinski definition) is 2. The summed E-state index contributed by atoms with van der Waals surface area (Å²) >= 11 is 5.99. The summed E-state index contributed by atoms with van der Waals surface area (Å²) in [6.45, 7) is 2.75. The van der Waals surface area contributed by atoms with Gasteiger partial charge in [-0.05, 0) is 42.8 Å². The summed E-state index contributed by atoms with van der Waals surface area (Å²) in [4.78, 5) is 16.7. The fourth-order valence-electron chi connectivity index (χ4n) is 2.51. The van der Waals surface area contributed by atoms with Crippen molar-refractivity contribution in [3.63, 3.8) is 0 Å². The SMILES string of the molecule is COc1ccc(Cl)cc1NC(=O)c1ccc(NCc2ccc(C)cc2)cn1. The lowest BCUT2D eigenvalue weighted by molar-refractivity contribution is 0.102. The maximum atomic E-state index is 12.4. The molecule has 138 valence electrons. The smallest absolute Gasteiger partial charge is 0.274 e. The first-order chi connectivity index (χ1) is 13.0. The average Bonchev–Trinajstić information content (AvgIpc) is 2.68. The standard InChI is InChI=1S/C21H20ClN3O2/c1-14-3-5-15(6-4-14)12-23-17-8-9-18(24-13-17)21(26)25-19-11-16(22)7-10-20(19)27-2/h3-11,13,23H,12H2,1-2H3,(H,25,26). The van der Waals surface area contributed by atoms with E-state index < -0.39 is 0 Å². The van der Waals surface area contributed by atoms with E-state index in [4.69, 9.17) is 16.3 Å². The predicted molar refractivity (Wildman–Crippen MR) is 109 cm³/mol. The van der Waals surface area contributed by atoms with Gasteiger partial charge in [0.15, 0.2) is 0 Å². The molecule has 0 aliphatic rings. The molecule has 0 saturated carbocycles. The van der Waals surface area contributed by atoms with Crippen molar-refractivity contribution in [2.75, 3.05) is 17.7 Å². The van der Waals surface area contributed by atoms with Crippen molar-refractivity contribution in [2.24, 2.45) is 0 Å². The molecule has 1 aromatic heterocycles. The average molecular weight is 382 g/mol. The van der Waals surface area contributed by atoms with Crippen molar-refractivity contribution in [1.29, 1.82) is 0 Å². The van der Waals surface area contributed by atoms with Gasteiger partial charge >= 0.3 is 0 Å². The number of aromatic nitrogens is 1. The van der Waals surface area contributed by atoms with E-state index >= 15 is 0 Å². The minimum atomic E-state index is -0.333. The number of hydrogen-bond acceptors (Lipinski definition) is 4. The van der Waals surface area contributed by atoms with Crippen molar-refractivity contribution < 1.29 is 9.53 Å². The molecule has 5 nitrogen and oxygen atoms in total. The fourth-order valence-corrected chi connectivity index (χ4v) is 2.68. The number of benzene rings is 2. The van der Waals surface area contributed by atoms with Gasteiger partial charge < -0.3 is 15.4 Å². The predicted octanol–water partition coefficient (Wildman–Crippen LogP) is 4.92. The van der Waals surface area contributed by atoms with Gasteiger partial charge in [-0.1, -0.05) is 41.4 Å². The van der Waals surface area contributed by atoms with Crippen molar-refractivity contribution in [3.05, 3.63) is 82.6 Å². The third kappa shape index (κ3) is 4.99. The highest BCUT2D eigenvalue weighted by Gasteiger charge is 2.11. The van der Waals surface area contributed by atoms with Crippen LogP contribution in [0, 0.1) is 6.92 Å². The topological polar surface area (TPSA) is 63.2 Å². The van der Waals surface area contributed by atoms with E-state index in [-0.39, 0.29) is 5.91 Å². The second kappa shape index (κ2) is 8.56. The number of pyridine rings is 1. The Hall–Kier alpha value is -3.05. The molecule has 1 amide bonds. The third-order valence-corrected chi connectivity index (χ3v) is 4.26. The number of ether oxygens (including phenoxy) is 1. The Labute approximate surface area is 163 Å². The lowest BCUT2D eigenvalue weighted by atomic mass is 10.1. The molecule has 0 aliphatic carbocycles. The molecule has 3 rings (SSSR count). The maximum absolute atomic E-state index is 12.4. The Bertz CT molecular complexity index is 925. The normalized spacial score (nSPS) is 10.3. The van der Waals surface area contributed by atoms with Crippen LogP contribution in [0.4, 0.5) is 11.4 Å². The van der Waals surface area contributed by atoms with Crippen LogP contribution in [-0.2, 0) is 6.54 Å². The van der Waals surface area contributed by atoms with Gasteiger partial charge in [0.05, 0.1) is 24.7 Å². The van der Waals surface area contributed by atoms with Crippen LogP contribution in [0.25, 0.3) is 0 Å². The Morgan fingerprint density at radius 1 is 1.11 bits per heavy atom. The van der Waals surface area contributed by atoms with E-state index in [2.05, 4.69) is 46.8 Å². The highest BCUT2D eigenvalue weighted by atomic mass is 35.5. The minimum Gasteiger partial charge on any atom is -0.495 e. The monoisotopic (exact) mass is 381 g/mol. The van der Waals surface area contributed by atoms with E-state index in [1.807, 2.05) is 6.07 Å². The molecule has 3 aromatic rings. The molecule has 0 atom stereocenters. The first kappa shape index (κ1) is 18.7. The number of halogens is 1. The van der Waals surface area contributed by atoms with Crippen LogP contribution >= 0.6 is 11.6 Å². The van der Waals surface area contributed by atoms with Crippen molar-refractivity contribution in [2.45, 2.75) is 13.5 Å². The molecular weight excluding hydrogens is 362 g/mol. The van der Waals surface area contributed by atoms with E-state index in [1.54, 1.807) is 30.5 Å². The fraction of sp³-hybridized carbons (Fsp3) is 0.143. The van der Waals surface area contributed by atoms with Crippen LogP contribution in [0.2, 0.25) is 5.02 Å². The molecule has 0 radical (unpaired) electrons. The van der Waals surface area contributed by atoms with Crippen LogP contribution in [0.15, 0.2) is 60.8 Å². The molecule has 0 spiro atoms. The van der Waals surface area contributed by atoms with Gasteiger partial charge in [0, 0.05) is 11.6 Å². The van der Waals surface area contributed by atoms with Crippen molar-refractivity contribution in [3.8, 4) is 5.75 Å². The minimum absolute atomic E-state index is 0.304. The number of carbonyl (C=O) groups excluding carboxylic acids is 1. The number of anilines is 2. The highest BCUT2D eigenvalue weighted by Crippen LogP contribution is 2.28. The zero-order valence-electron chi connectivity index (χ0n) is 15.1. The Balaban J connectivity index is 1.63. The van der Waals surface area contributed by atoms with E-state index in [1.165, 1.54) is 18.2 Å². The van der Waals surface area contributed by atoms with Crippen molar-refractivity contribution >= 4 is 28.9 Å². The zero-order chi connectivity index (χ0) is 19.2. The molecule has 0 aliphatic heterocycles. The van der Waals surface area contributed by atoms with E-state index in [0.29, 0.717) is 28.7 Å². The van der Waals surface area contributed by atoms with Gasteiger partial charge in [0.1, 0.15) is 11.4 Å². The lowest BCUT2D eigenvalue weighted by Crippen LogP contribution is -2.14. The van der Waals surface area contributed by atoms with Crippen LogP contribution in [0.3, 0.4) is 0 Å². The number of methoxy groups -OCH3 is 1. The number of aryl methyl sites for hydroxylation is 1. The molecule has 2 aromatic carbocycles. The molecule has 0 bridgehead atoms. The highest BCUT2D eigenvalue weighted by molar-refractivity contribution is 6.31. The summed E-state index contributed by atoms with van der Waals surface area (Å²) in [7, 11) is 1.53. The largest absolute Gasteiger partial charge is 0.495 e. The van der Waals surface area contributed by atoms with Gasteiger partial charge in [-0.25, -0.2) is 4.98 Å². The molecule has 2 N–H and O–H groups in total. The number of nitrogens with one attached hydrogen (secondary N) is 2. The Morgan fingerprint density at radius 2 is 1.89 bits per heavy atom. The summed E-state index contributed by atoms with van der Waals surface area (Å²) in [5, 5.41) is 6.57. The van der Waals surface area contributed by atoms with Gasteiger partial charge in [-0.2, -0.15) is 0 Å². The Morgan fingerprint density at radius 3 is 2.56 bits per heavy atom. The molecule has 6 heteroatoms. The summed E-state index contributed by atoms with van der Waals surface area (Å²) < 4.78 is 5.23. The third-order valence-electron chi connectivity index (χ3n) is 4.02.